The van der Waals surface area contributed by atoms with Gasteiger partial charge in [0.2, 0.25) is 5.91 Å². The van der Waals surface area contributed by atoms with Crippen LogP contribution in [0.1, 0.15) is 44.6 Å². The lowest BCUT2D eigenvalue weighted by atomic mass is 10.1. The van der Waals surface area contributed by atoms with Gasteiger partial charge in [0.1, 0.15) is 11.8 Å². The number of carbonyl (C=O) groups is 2. The largest absolute Gasteiger partial charge is 0.484 e. The summed E-state index contributed by atoms with van der Waals surface area (Å²) in [5.41, 5.74) is 0.911. The second-order valence-corrected chi connectivity index (χ2v) is 9.16. The molecule has 0 bridgehead atoms. The summed E-state index contributed by atoms with van der Waals surface area (Å²) in [6, 6.07) is 14.3. The number of rotatable bonds is 9. The Morgan fingerprint density at radius 1 is 1.13 bits per heavy atom. The predicted molar refractivity (Wildman–Crippen MR) is 126 cm³/mol. The van der Waals surface area contributed by atoms with Crippen molar-refractivity contribution in [2.24, 2.45) is 0 Å². The van der Waals surface area contributed by atoms with Crippen molar-refractivity contribution >= 4 is 39.3 Å². The molecule has 31 heavy (non-hydrogen) atoms. The van der Waals surface area contributed by atoms with E-state index in [1.165, 1.54) is 0 Å². The minimum atomic E-state index is -0.558. The molecular weight excluding hydrogens is 480 g/mol. The fourth-order valence-corrected chi connectivity index (χ4v) is 4.22. The maximum absolute atomic E-state index is 13.2. The predicted octanol–water partition coefficient (Wildman–Crippen LogP) is 5.35. The van der Waals surface area contributed by atoms with Crippen LogP contribution in [0.5, 0.6) is 5.75 Å². The van der Waals surface area contributed by atoms with E-state index in [2.05, 4.69) is 21.2 Å². The lowest BCUT2D eigenvalue weighted by Gasteiger charge is -2.31. The van der Waals surface area contributed by atoms with E-state index in [4.69, 9.17) is 16.3 Å². The number of hydrogen-bond acceptors (Lipinski definition) is 3. The van der Waals surface area contributed by atoms with Gasteiger partial charge in [-0.3, -0.25) is 9.59 Å². The van der Waals surface area contributed by atoms with Crippen LogP contribution < -0.4 is 10.1 Å². The molecule has 0 radical (unpaired) electrons. The van der Waals surface area contributed by atoms with Gasteiger partial charge in [-0.25, -0.2) is 0 Å². The monoisotopic (exact) mass is 506 g/mol. The number of carbonyl (C=O) groups excluding carboxylic acids is 2. The minimum Gasteiger partial charge on any atom is -0.484 e. The first-order chi connectivity index (χ1) is 15.0. The van der Waals surface area contributed by atoms with Crippen molar-refractivity contribution in [2.75, 3.05) is 6.61 Å². The zero-order valence-corrected chi connectivity index (χ0v) is 20.0. The van der Waals surface area contributed by atoms with Crippen LogP contribution in [-0.4, -0.2) is 35.4 Å². The summed E-state index contributed by atoms with van der Waals surface area (Å²) in [6.45, 7) is 2.11. The summed E-state index contributed by atoms with van der Waals surface area (Å²) < 4.78 is 6.64. The first kappa shape index (κ1) is 23.6. The molecule has 2 amide bonds. The van der Waals surface area contributed by atoms with Gasteiger partial charge < -0.3 is 15.0 Å². The van der Waals surface area contributed by atoms with Gasteiger partial charge in [0.15, 0.2) is 6.61 Å². The third-order valence-electron chi connectivity index (χ3n) is 5.53. The summed E-state index contributed by atoms with van der Waals surface area (Å²) in [5.74, 6) is 0.276. The van der Waals surface area contributed by atoms with E-state index in [0.717, 1.165) is 35.7 Å². The fraction of sp³-hybridized carbons (Fsp3) is 0.417. The van der Waals surface area contributed by atoms with Crippen molar-refractivity contribution in [3.63, 3.8) is 0 Å². The molecule has 0 heterocycles. The number of nitrogens with one attached hydrogen (secondary N) is 1. The van der Waals surface area contributed by atoms with Gasteiger partial charge in [0.25, 0.3) is 5.91 Å². The molecule has 3 rings (SSSR count). The topological polar surface area (TPSA) is 58.6 Å². The van der Waals surface area contributed by atoms with Gasteiger partial charge in [0, 0.05) is 22.1 Å². The van der Waals surface area contributed by atoms with E-state index in [9.17, 15) is 9.59 Å². The highest BCUT2D eigenvalue weighted by Gasteiger charge is 2.30. The van der Waals surface area contributed by atoms with Crippen molar-refractivity contribution in [1.29, 1.82) is 0 Å². The summed E-state index contributed by atoms with van der Waals surface area (Å²) in [5, 5.41) is 3.77. The summed E-state index contributed by atoms with van der Waals surface area (Å²) in [7, 11) is 0. The quantitative estimate of drug-likeness (QED) is 0.498. The first-order valence-electron chi connectivity index (χ1n) is 10.7. The van der Waals surface area contributed by atoms with Crippen LogP contribution in [0.4, 0.5) is 0 Å². The lowest BCUT2D eigenvalue weighted by Crippen LogP contribution is -2.52. The second kappa shape index (κ2) is 11.5. The van der Waals surface area contributed by atoms with Gasteiger partial charge in [-0.15, -0.1) is 0 Å². The van der Waals surface area contributed by atoms with Gasteiger partial charge in [-0.2, -0.15) is 0 Å². The first-order valence-corrected chi connectivity index (χ1v) is 11.9. The Balaban J connectivity index is 1.74. The number of benzene rings is 2. The van der Waals surface area contributed by atoms with Crippen LogP contribution in [0.3, 0.4) is 0 Å². The lowest BCUT2D eigenvalue weighted by molar-refractivity contribution is -0.143. The average molecular weight is 508 g/mol. The second-order valence-electron chi connectivity index (χ2n) is 7.80. The SMILES string of the molecule is CC[C@H](C(=O)NC1CCCC1)N(Cc1ccc(Cl)cc1)C(=O)COc1ccc(Br)cc1. The smallest absolute Gasteiger partial charge is 0.261 e. The highest BCUT2D eigenvalue weighted by atomic mass is 79.9. The summed E-state index contributed by atoms with van der Waals surface area (Å²) >= 11 is 9.39. The maximum Gasteiger partial charge on any atom is 0.261 e. The molecule has 0 aromatic heterocycles. The Morgan fingerprint density at radius 2 is 1.77 bits per heavy atom. The molecule has 2 aromatic carbocycles. The van der Waals surface area contributed by atoms with Crippen LogP contribution in [0, 0.1) is 0 Å². The molecule has 7 heteroatoms. The number of nitrogens with zero attached hydrogens (tertiary/aromatic N) is 1. The third kappa shape index (κ3) is 6.97. The van der Waals surface area contributed by atoms with Crippen molar-refractivity contribution in [3.8, 4) is 5.75 Å². The highest BCUT2D eigenvalue weighted by molar-refractivity contribution is 9.10. The van der Waals surface area contributed by atoms with Crippen LogP contribution in [0.15, 0.2) is 53.0 Å². The summed E-state index contributed by atoms with van der Waals surface area (Å²) in [4.78, 5) is 27.9. The number of ether oxygens (including phenoxy) is 1. The van der Waals surface area contributed by atoms with Crippen molar-refractivity contribution in [3.05, 3.63) is 63.6 Å². The van der Waals surface area contributed by atoms with Crippen molar-refractivity contribution in [2.45, 2.75) is 57.7 Å². The molecule has 0 spiro atoms. The Kier molecular flexibility index (Phi) is 8.79. The summed E-state index contributed by atoms with van der Waals surface area (Å²) in [6.07, 6.45) is 4.79. The molecular formula is C24H28BrClN2O3. The fourth-order valence-electron chi connectivity index (χ4n) is 3.83. The van der Waals surface area contributed by atoms with E-state index in [-0.39, 0.29) is 24.5 Å². The average Bonchev–Trinajstić information content (AvgIpc) is 3.27. The van der Waals surface area contributed by atoms with E-state index in [1.54, 1.807) is 29.2 Å². The molecule has 0 saturated heterocycles. The Hall–Kier alpha value is -2.05. The van der Waals surface area contributed by atoms with Crippen LogP contribution in [0.2, 0.25) is 5.02 Å². The Labute approximate surface area is 197 Å². The van der Waals surface area contributed by atoms with Gasteiger partial charge in [0.05, 0.1) is 0 Å². The van der Waals surface area contributed by atoms with Gasteiger partial charge in [-0.1, -0.05) is 59.4 Å². The molecule has 1 saturated carbocycles. The molecule has 166 valence electrons. The molecule has 1 aliphatic rings. The molecule has 0 unspecified atom stereocenters. The normalized spacial score (nSPS) is 14.8. The van der Waals surface area contributed by atoms with E-state index < -0.39 is 6.04 Å². The van der Waals surface area contributed by atoms with Crippen LogP contribution in [0.25, 0.3) is 0 Å². The Bertz CT molecular complexity index is 867. The molecule has 0 aliphatic heterocycles. The van der Waals surface area contributed by atoms with Crippen LogP contribution in [-0.2, 0) is 16.1 Å². The molecule has 1 atom stereocenters. The number of hydrogen-bond donors (Lipinski definition) is 1. The molecule has 1 aliphatic carbocycles. The van der Waals surface area contributed by atoms with E-state index in [0.29, 0.717) is 23.7 Å². The molecule has 1 fully saturated rings. The third-order valence-corrected chi connectivity index (χ3v) is 6.31. The van der Waals surface area contributed by atoms with Crippen molar-refractivity contribution in [1.82, 2.24) is 10.2 Å². The maximum atomic E-state index is 13.2. The molecule has 1 N–H and O–H groups in total. The number of halogens is 2. The van der Waals surface area contributed by atoms with E-state index >= 15 is 0 Å². The Morgan fingerprint density at radius 3 is 2.39 bits per heavy atom. The zero-order chi connectivity index (χ0) is 22.2. The standard InChI is InChI=1S/C24H28BrClN2O3/c1-2-22(24(30)27-20-5-3-4-6-20)28(15-17-7-11-19(26)12-8-17)23(29)16-31-21-13-9-18(25)10-14-21/h7-14,20,22H,2-6,15-16H2,1H3,(H,27,30)/t22-/m1/s1. The van der Waals surface area contributed by atoms with Gasteiger partial charge >= 0.3 is 0 Å². The number of amides is 2. The minimum absolute atomic E-state index is 0.0969. The zero-order valence-electron chi connectivity index (χ0n) is 17.7. The molecule has 2 aromatic rings. The van der Waals surface area contributed by atoms with Crippen LogP contribution >= 0.6 is 27.5 Å². The van der Waals surface area contributed by atoms with Crippen molar-refractivity contribution < 1.29 is 14.3 Å². The van der Waals surface area contributed by atoms with Gasteiger partial charge in [-0.05, 0) is 61.2 Å². The highest BCUT2D eigenvalue weighted by Crippen LogP contribution is 2.20. The van der Waals surface area contributed by atoms with E-state index in [1.807, 2.05) is 31.2 Å². The molecule has 5 nitrogen and oxygen atoms in total.